The third-order valence-electron chi connectivity index (χ3n) is 5.29. The van der Waals surface area contributed by atoms with Crippen LogP contribution in [0.4, 0.5) is 5.69 Å². The van der Waals surface area contributed by atoms with Gasteiger partial charge in [0, 0.05) is 12.6 Å². The Kier molecular flexibility index (Phi) is 5.35. The van der Waals surface area contributed by atoms with Gasteiger partial charge in [-0.2, -0.15) is 0 Å². The zero-order valence-corrected chi connectivity index (χ0v) is 17.3. The first-order valence-corrected chi connectivity index (χ1v) is 10.1. The van der Waals surface area contributed by atoms with Crippen molar-refractivity contribution in [3.8, 4) is 5.75 Å². The quantitative estimate of drug-likeness (QED) is 0.723. The van der Waals surface area contributed by atoms with E-state index in [0.717, 1.165) is 29.7 Å². The summed E-state index contributed by atoms with van der Waals surface area (Å²) >= 11 is 0. The summed E-state index contributed by atoms with van der Waals surface area (Å²) in [4.78, 5) is 36.6. The molecule has 0 unspecified atom stereocenters. The van der Waals surface area contributed by atoms with Gasteiger partial charge in [0.2, 0.25) is 0 Å². The van der Waals surface area contributed by atoms with Crippen molar-refractivity contribution in [1.29, 1.82) is 0 Å². The summed E-state index contributed by atoms with van der Waals surface area (Å²) in [7, 11) is 1.55. The summed E-state index contributed by atoms with van der Waals surface area (Å²) in [5.74, 6) is 0.0273. The number of anilines is 1. The molecule has 30 heavy (non-hydrogen) atoms. The number of aryl methyl sites for hydroxylation is 2. The Morgan fingerprint density at radius 1 is 1.07 bits per heavy atom. The van der Waals surface area contributed by atoms with Crippen LogP contribution in [0.1, 0.15) is 35.6 Å². The lowest BCUT2D eigenvalue weighted by molar-refractivity contribution is -0.127. The molecule has 7 nitrogen and oxygen atoms in total. The van der Waals surface area contributed by atoms with E-state index in [-0.39, 0.29) is 18.4 Å². The van der Waals surface area contributed by atoms with Crippen LogP contribution in [-0.4, -0.2) is 41.5 Å². The molecular formula is C23H24N4O3. The molecule has 2 heterocycles. The van der Waals surface area contributed by atoms with Gasteiger partial charge in [0.15, 0.2) is 6.10 Å². The first-order valence-electron chi connectivity index (χ1n) is 10.1. The summed E-state index contributed by atoms with van der Waals surface area (Å²) in [6, 6.07) is 12.6. The lowest BCUT2D eigenvalue weighted by Crippen LogP contribution is -2.50. The monoisotopic (exact) mass is 404 g/mol. The highest BCUT2D eigenvalue weighted by Crippen LogP contribution is 2.34. The third-order valence-corrected chi connectivity index (χ3v) is 5.29. The van der Waals surface area contributed by atoms with Crippen molar-refractivity contribution in [3.63, 3.8) is 0 Å². The Bertz CT molecular complexity index is 1130. The number of hydrogen-bond donors (Lipinski definition) is 1. The summed E-state index contributed by atoms with van der Waals surface area (Å²) in [6.45, 7) is 4.24. The van der Waals surface area contributed by atoms with Gasteiger partial charge in [-0.05, 0) is 43.2 Å². The molecule has 4 rings (SSSR count). The molecule has 2 amide bonds. The maximum atomic E-state index is 13.4. The molecule has 0 bridgehead atoms. The van der Waals surface area contributed by atoms with Gasteiger partial charge in [-0.1, -0.05) is 26.0 Å². The first kappa shape index (κ1) is 19.8. The fourth-order valence-corrected chi connectivity index (χ4v) is 3.71. The van der Waals surface area contributed by atoms with Crippen LogP contribution in [0, 0.1) is 0 Å². The SMILES string of the molecule is CCc1nc2ccc(C(=O)N3C[C@@H](C(=O)NC)Oc4ccccc43)cc2nc1CC. The molecular weight excluding hydrogens is 380 g/mol. The van der Waals surface area contributed by atoms with Gasteiger partial charge in [0.05, 0.1) is 34.7 Å². The molecule has 0 aliphatic carbocycles. The van der Waals surface area contributed by atoms with E-state index in [1.165, 1.54) is 0 Å². The molecule has 0 saturated heterocycles. The molecule has 0 saturated carbocycles. The second kappa shape index (κ2) is 8.10. The fourth-order valence-electron chi connectivity index (χ4n) is 3.71. The van der Waals surface area contributed by atoms with Crippen molar-refractivity contribution >= 4 is 28.5 Å². The van der Waals surface area contributed by atoms with Crippen molar-refractivity contribution < 1.29 is 14.3 Å². The maximum absolute atomic E-state index is 13.4. The van der Waals surface area contributed by atoms with Crippen LogP contribution in [0.25, 0.3) is 11.0 Å². The zero-order valence-electron chi connectivity index (χ0n) is 17.3. The third kappa shape index (κ3) is 3.47. The van der Waals surface area contributed by atoms with Gasteiger partial charge in [-0.15, -0.1) is 0 Å². The average molecular weight is 404 g/mol. The number of aromatic nitrogens is 2. The van der Waals surface area contributed by atoms with Gasteiger partial charge in [0.1, 0.15) is 5.75 Å². The molecule has 1 aromatic heterocycles. The van der Waals surface area contributed by atoms with Crippen LogP contribution in [-0.2, 0) is 17.6 Å². The van der Waals surface area contributed by atoms with Crippen molar-refractivity contribution in [2.75, 3.05) is 18.5 Å². The Balaban J connectivity index is 1.74. The maximum Gasteiger partial charge on any atom is 0.262 e. The van der Waals surface area contributed by atoms with E-state index in [4.69, 9.17) is 14.7 Å². The van der Waals surface area contributed by atoms with E-state index in [2.05, 4.69) is 12.2 Å². The van der Waals surface area contributed by atoms with E-state index in [1.54, 1.807) is 30.1 Å². The predicted molar refractivity (Wildman–Crippen MR) is 115 cm³/mol. The minimum atomic E-state index is -0.770. The predicted octanol–water partition coefficient (Wildman–Crippen LogP) is 2.91. The molecule has 0 radical (unpaired) electrons. The number of hydrogen-bond acceptors (Lipinski definition) is 5. The highest BCUT2D eigenvalue weighted by Gasteiger charge is 2.33. The molecule has 154 valence electrons. The molecule has 1 aliphatic heterocycles. The first-order chi connectivity index (χ1) is 14.5. The number of carbonyl (C=O) groups is 2. The molecule has 1 N–H and O–H groups in total. The lowest BCUT2D eigenvalue weighted by Gasteiger charge is -2.34. The van der Waals surface area contributed by atoms with Crippen LogP contribution >= 0.6 is 0 Å². The largest absolute Gasteiger partial charge is 0.477 e. The molecule has 3 aromatic rings. The second-order valence-electron chi connectivity index (χ2n) is 7.13. The minimum Gasteiger partial charge on any atom is -0.477 e. The number of nitrogens with one attached hydrogen (secondary N) is 1. The number of nitrogens with zero attached hydrogens (tertiary/aromatic N) is 3. The van der Waals surface area contributed by atoms with E-state index >= 15 is 0 Å². The Morgan fingerprint density at radius 2 is 1.77 bits per heavy atom. The average Bonchev–Trinajstić information content (AvgIpc) is 2.80. The van der Waals surface area contributed by atoms with Gasteiger partial charge in [-0.25, -0.2) is 9.97 Å². The van der Waals surface area contributed by atoms with E-state index in [1.807, 2.05) is 31.2 Å². The van der Waals surface area contributed by atoms with E-state index in [0.29, 0.717) is 22.5 Å². The number of fused-ring (bicyclic) bond motifs is 2. The van der Waals surface area contributed by atoms with E-state index < -0.39 is 6.10 Å². The van der Waals surface area contributed by atoms with Crippen molar-refractivity contribution in [2.24, 2.45) is 0 Å². The lowest BCUT2D eigenvalue weighted by atomic mass is 10.1. The van der Waals surface area contributed by atoms with E-state index in [9.17, 15) is 9.59 Å². The number of likely N-dealkylation sites (N-methyl/N-ethyl adjacent to an activating group) is 1. The van der Waals surface area contributed by atoms with Crippen LogP contribution in [0.3, 0.4) is 0 Å². The molecule has 2 aromatic carbocycles. The summed E-state index contributed by atoms with van der Waals surface area (Å²) < 4.78 is 5.80. The molecule has 7 heteroatoms. The number of carbonyl (C=O) groups excluding carboxylic acids is 2. The van der Waals surface area contributed by atoms with Crippen LogP contribution in [0.2, 0.25) is 0 Å². The Labute approximate surface area is 175 Å². The summed E-state index contributed by atoms with van der Waals surface area (Å²) in [6.07, 6.45) is 0.834. The van der Waals surface area contributed by atoms with Gasteiger partial charge in [0.25, 0.3) is 11.8 Å². The van der Waals surface area contributed by atoms with Crippen LogP contribution in [0.15, 0.2) is 42.5 Å². The second-order valence-corrected chi connectivity index (χ2v) is 7.13. The standard InChI is InChI=1S/C23H24N4O3/c1-4-15-16(5-2)26-18-12-14(10-11-17(18)25-15)23(29)27-13-21(22(28)24-3)30-20-9-7-6-8-19(20)27/h6-12,21H,4-5,13H2,1-3H3,(H,24,28)/t21-/m0/s1. The van der Waals surface area contributed by atoms with Crippen molar-refractivity contribution in [3.05, 3.63) is 59.4 Å². The highest BCUT2D eigenvalue weighted by atomic mass is 16.5. The number of amides is 2. The summed E-state index contributed by atoms with van der Waals surface area (Å²) in [5.41, 5.74) is 4.54. The minimum absolute atomic E-state index is 0.133. The number of para-hydroxylation sites is 2. The smallest absolute Gasteiger partial charge is 0.262 e. The zero-order chi connectivity index (χ0) is 21.3. The topological polar surface area (TPSA) is 84.4 Å². The van der Waals surface area contributed by atoms with Gasteiger partial charge < -0.3 is 15.0 Å². The molecule has 0 spiro atoms. The molecule has 0 fully saturated rings. The number of rotatable bonds is 4. The van der Waals surface area contributed by atoms with Crippen molar-refractivity contribution in [2.45, 2.75) is 32.8 Å². The summed E-state index contributed by atoms with van der Waals surface area (Å²) in [5, 5.41) is 2.59. The normalized spacial score (nSPS) is 15.4. The fraction of sp³-hybridized carbons (Fsp3) is 0.304. The molecule has 1 aliphatic rings. The Hall–Kier alpha value is -3.48. The van der Waals surface area contributed by atoms with Crippen LogP contribution in [0.5, 0.6) is 5.75 Å². The Morgan fingerprint density at radius 3 is 2.47 bits per heavy atom. The van der Waals surface area contributed by atoms with Gasteiger partial charge >= 0.3 is 0 Å². The highest BCUT2D eigenvalue weighted by molar-refractivity contribution is 6.09. The number of benzene rings is 2. The molecule has 1 atom stereocenters. The van der Waals surface area contributed by atoms with Crippen molar-refractivity contribution in [1.82, 2.24) is 15.3 Å². The number of ether oxygens (including phenoxy) is 1. The van der Waals surface area contributed by atoms with Crippen LogP contribution < -0.4 is 15.0 Å². The van der Waals surface area contributed by atoms with Gasteiger partial charge in [-0.3, -0.25) is 9.59 Å².